The van der Waals surface area contributed by atoms with Crippen molar-refractivity contribution >= 4 is 5.91 Å². The van der Waals surface area contributed by atoms with Gasteiger partial charge in [-0.2, -0.15) is 0 Å². The van der Waals surface area contributed by atoms with Crippen LogP contribution in [0.3, 0.4) is 0 Å². The van der Waals surface area contributed by atoms with Crippen molar-refractivity contribution in [2.45, 2.75) is 19.8 Å². The third kappa shape index (κ3) is 7.33. The summed E-state index contributed by atoms with van der Waals surface area (Å²) in [7, 11) is 0. The Bertz CT molecular complexity index is 104. The van der Waals surface area contributed by atoms with Crippen LogP contribution < -0.4 is 5.32 Å². The molecule has 0 aromatic heterocycles. The summed E-state index contributed by atoms with van der Waals surface area (Å²) in [6.07, 6.45) is 2.12. The van der Waals surface area contributed by atoms with E-state index in [0.717, 1.165) is 19.4 Å². The summed E-state index contributed by atoms with van der Waals surface area (Å²) in [6, 6.07) is 0. The summed E-state index contributed by atoms with van der Waals surface area (Å²) >= 11 is 0. The molecule has 0 spiro atoms. The van der Waals surface area contributed by atoms with Gasteiger partial charge in [-0.05, 0) is 13.3 Å². The number of rotatable bonds is 6. The highest BCUT2D eigenvalue weighted by atomic mass is 16.5. The largest absolute Gasteiger partial charge is 0.372 e. The number of nitrogens with one attached hydrogen (secondary N) is 1. The molecule has 0 saturated carbocycles. The molecule has 1 amide bonds. The summed E-state index contributed by atoms with van der Waals surface area (Å²) in [6.45, 7) is 6.76. The van der Waals surface area contributed by atoms with Gasteiger partial charge in [-0.3, -0.25) is 4.79 Å². The lowest BCUT2D eigenvalue weighted by atomic mass is 10.3. The smallest absolute Gasteiger partial charge is 0.245 e. The monoisotopic (exact) mass is 158 g/mol. The van der Waals surface area contributed by atoms with Gasteiger partial charge in [0.2, 0.25) is 5.91 Å². The number of carbonyl (C=O) groups is 1. The highest BCUT2D eigenvalue weighted by molar-refractivity contribution is 5.77. The van der Waals surface area contributed by atoms with E-state index in [9.17, 15) is 4.79 Å². The van der Waals surface area contributed by atoms with E-state index < -0.39 is 0 Å². The highest BCUT2D eigenvalue weighted by Gasteiger charge is 1.97. The predicted molar refractivity (Wildman–Crippen MR) is 44.1 cm³/mol. The standard InChI is InChI=1S/C8H16NO2/c1-3-5-6-9-8(10)7-11-4-2/h2-7H2,1H3,(H,9,10). The van der Waals surface area contributed by atoms with Crippen LogP contribution in [0.1, 0.15) is 19.8 Å². The zero-order chi connectivity index (χ0) is 8.53. The van der Waals surface area contributed by atoms with Crippen LogP contribution in [0.4, 0.5) is 0 Å². The van der Waals surface area contributed by atoms with Gasteiger partial charge in [-0.15, -0.1) is 0 Å². The van der Waals surface area contributed by atoms with Gasteiger partial charge in [-0.1, -0.05) is 13.3 Å². The Morgan fingerprint density at radius 2 is 2.36 bits per heavy atom. The minimum Gasteiger partial charge on any atom is -0.372 e. The normalized spacial score (nSPS) is 9.64. The molecule has 0 heterocycles. The Labute approximate surface area is 68.1 Å². The Morgan fingerprint density at radius 1 is 1.64 bits per heavy atom. The fraction of sp³-hybridized carbons (Fsp3) is 0.750. The first-order chi connectivity index (χ1) is 5.31. The maximum absolute atomic E-state index is 10.8. The van der Waals surface area contributed by atoms with Crippen molar-refractivity contribution in [2.75, 3.05) is 19.8 Å². The molecule has 0 atom stereocenters. The molecule has 0 rings (SSSR count). The fourth-order valence-electron chi connectivity index (χ4n) is 0.620. The van der Waals surface area contributed by atoms with Crippen molar-refractivity contribution in [3.8, 4) is 0 Å². The zero-order valence-electron chi connectivity index (χ0n) is 7.06. The molecular formula is C8H16NO2. The van der Waals surface area contributed by atoms with Gasteiger partial charge < -0.3 is 10.1 Å². The topological polar surface area (TPSA) is 38.3 Å². The van der Waals surface area contributed by atoms with E-state index in [0.29, 0.717) is 6.61 Å². The third-order valence-corrected chi connectivity index (χ3v) is 1.23. The van der Waals surface area contributed by atoms with Crippen LogP contribution in [-0.4, -0.2) is 25.7 Å². The molecule has 65 valence electrons. The first-order valence-corrected chi connectivity index (χ1v) is 3.95. The Kier molecular flexibility index (Phi) is 7.15. The molecule has 0 aliphatic heterocycles. The van der Waals surface area contributed by atoms with Crippen LogP contribution in [-0.2, 0) is 9.53 Å². The molecule has 0 fully saturated rings. The van der Waals surface area contributed by atoms with E-state index in [-0.39, 0.29) is 12.5 Å². The lowest BCUT2D eigenvalue weighted by Crippen LogP contribution is -2.28. The van der Waals surface area contributed by atoms with Gasteiger partial charge in [0.05, 0.1) is 0 Å². The van der Waals surface area contributed by atoms with Crippen LogP contribution in [0, 0.1) is 6.92 Å². The summed E-state index contributed by atoms with van der Waals surface area (Å²) in [5.41, 5.74) is 0. The molecular weight excluding hydrogens is 142 g/mol. The molecule has 11 heavy (non-hydrogen) atoms. The first kappa shape index (κ1) is 10.4. The predicted octanol–water partition coefficient (Wildman–Crippen LogP) is 0.753. The minimum absolute atomic E-state index is 0.0536. The van der Waals surface area contributed by atoms with Crippen molar-refractivity contribution < 1.29 is 9.53 Å². The van der Waals surface area contributed by atoms with Crippen molar-refractivity contribution in [2.24, 2.45) is 0 Å². The third-order valence-electron chi connectivity index (χ3n) is 1.23. The second-order valence-corrected chi connectivity index (χ2v) is 2.26. The number of ether oxygens (including phenoxy) is 1. The minimum atomic E-state index is -0.0536. The first-order valence-electron chi connectivity index (χ1n) is 3.95. The molecule has 1 N–H and O–H groups in total. The number of amides is 1. The van der Waals surface area contributed by atoms with Gasteiger partial charge in [-0.25, -0.2) is 0 Å². The van der Waals surface area contributed by atoms with Gasteiger partial charge in [0, 0.05) is 13.2 Å². The number of hydrogen-bond donors (Lipinski definition) is 1. The van der Waals surface area contributed by atoms with Crippen LogP contribution in [0.15, 0.2) is 0 Å². The fourth-order valence-corrected chi connectivity index (χ4v) is 0.620. The molecule has 0 aromatic carbocycles. The highest BCUT2D eigenvalue weighted by Crippen LogP contribution is 1.82. The summed E-state index contributed by atoms with van der Waals surface area (Å²) in [5.74, 6) is -0.0536. The van der Waals surface area contributed by atoms with Crippen molar-refractivity contribution in [3.05, 3.63) is 6.92 Å². The molecule has 1 radical (unpaired) electrons. The van der Waals surface area contributed by atoms with Crippen molar-refractivity contribution in [1.29, 1.82) is 0 Å². The lowest BCUT2D eigenvalue weighted by molar-refractivity contribution is -0.125. The maximum atomic E-state index is 10.8. The molecule has 3 heteroatoms. The Balaban J connectivity index is 3.09. The Hall–Kier alpha value is -0.570. The van der Waals surface area contributed by atoms with E-state index in [4.69, 9.17) is 4.74 Å². The molecule has 0 bridgehead atoms. The molecule has 0 saturated heterocycles. The zero-order valence-corrected chi connectivity index (χ0v) is 7.06. The van der Waals surface area contributed by atoms with E-state index in [1.54, 1.807) is 0 Å². The molecule has 0 aliphatic rings. The number of hydrogen-bond acceptors (Lipinski definition) is 2. The molecule has 0 aromatic rings. The van der Waals surface area contributed by atoms with Crippen molar-refractivity contribution in [3.63, 3.8) is 0 Å². The summed E-state index contributed by atoms with van der Waals surface area (Å²) < 4.78 is 4.80. The van der Waals surface area contributed by atoms with Crippen LogP contribution in [0.5, 0.6) is 0 Å². The van der Waals surface area contributed by atoms with E-state index in [2.05, 4.69) is 19.2 Å². The number of carbonyl (C=O) groups excluding carboxylic acids is 1. The molecule has 3 nitrogen and oxygen atoms in total. The van der Waals surface area contributed by atoms with E-state index in [1.807, 2.05) is 0 Å². The number of unbranched alkanes of at least 4 members (excludes halogenated alkanes) is 1. The Morgan fingerprint density at radius 3 is 2.91 bits per heavy atom. The van der Waals surface area contributed by atoms with Gasteiger partial charge >= 0.3 is 0 Å². The van der Waals surface area contributed by atoms with Crippen LogP contribution in [0.25, 0.3) is 0 Å². The van der Waals surface area contributed by atoms with E-state index in [1.165, 1.54) is 0 Å². The SMILES string of the molecule is [CH2]COCC(=O)NCCCC. The second kappa shape index (κ2) is 7.54. The van der Waals surface area contributed by atoms with Crippen LogP contribution >= 0.6 is 0 Å². The van der Waals surface area contributed by atoms with Gasteiger partial charge in [0.15, 0.2) is 0 Å². The quantitative estimate of drug-likeness (QED) is 0.579. The lowest BCUT2D eigenvalue weighted by Gasteiger charge is -2.02. The van der Waals surface area contributed by atoms with Gasteiger partial charge in [0.1, 0.15) is 6.61 Å². The maximum Gasteiger partial charge on any atom is 0.245 e. The average Bonchev–Trinajstić information content (AvgIpc) is 2.01. The second-order valence-electron chi connectivity index (χ2n) is 2.26. The summed E-state index contributed by atoms with van der Waals surface area (Å²) in [5, 5.41) is 2.73. The van der Waals surface area contributed by atoms with Gasteiger partial charge in [0.25, 0.3) is 0 Å². The summed E-state index contributed by atoms with van der Waals surface area (Å²) in [4.78, 5) is 10.8. The molecule has 0 aliphatic carbocycles. The average molecular weight is 158 g/mol. The molecule has 0 unspecified atom stereocenters. The van der Waals surface area contributed by atoms with E-state index >= 15 is 0 Å². The van der Waals surface area contributed by atoms with Crippen molar-refractivity contribution in [1.82, 2.24) is 5.32 Å². The van der Waals surface area contributed by atoms with Crippen LogP contribution in [0.2, 0.25) is 0 Å².